The Morgan fingerprint density at radius 2 is 1.76 bits per heavy atom. The Kier molecular flexibility index (Phi) is 7.33. The molecule has 0 bridgehead atoms. The van der Waals surface area contributed by atoms with Crippen LogP contribution in [-0.2, 0) is 16.1 Å². The van der Waals surface area contributed by atoms with Gasteiger partial charge in [0.25, 0.3) is 11.1 Å². The lowest BCUT2D eigenvalue weighted by Gasteiger charge is -2.14. The maximum absolute atomic E-state index is 13.1. The average molecular weight is 526 g/mol. The smallest absolute Gasteiger partial charge is 0.294 e. The van der Waals surface area contributed by atoms with Gasteiger partial charge in [0.2, 0.25) is 5.91 Å². The number of ether oxygens (including phenoxy) is 1. The van der Waals surface area contributed by atoms with E-state index in [0.29, 0.717) is 18.8 Å². The molecule has 7 nitrogen and oxygen atoms in total. The third-order valence-corrected chi connectivity index (χ3v) is 7.19. The summed E-state index contributed by atoms with van der Waals surface area (Å²) in [7, 11) is 0. The van der Waals surface area contributed by atoms with Gasteiger partial charge in [0.1, 0.15) is 18.9 Å². The van der Waals surface area contributed by atoms with E-state index in [1.165, 1.54) is 0 Å². The van der Waals surface area contributed by atoms with Crippen LogP contribution in [0.1, 0.15) is 16.7 Å². The van der Waals surface area contributed by atoms with Crippen LogP contribution >= 0.6 is 11.8 Å². The van der Waals surface area contributed by atoms with Gasteiger partial charge in [0.15, 0.2) is 0 Å². The van der Waals surface area contributed by atoms with Gasteiger partial charge in [-0.3, -0.25) is 19.3 Å². The Hall–Kier alpha value is -4.30. The maximum Gasteiger partial charge on any atom is 0.294 e. The summed E-state index contributed by atoms with van der Waals surface area (Å²) in [5.41, 5.74) is 4.49. The van der Waals surface area contributed by atoms with Crippen molar-refractivity contribution in [1.82, 2.24) is 9.47 Å². The summed E-state index contributed by atoms with van der Waals surface area (Å²) in [5.74, 6) is -0.0880. The number of nitrogens with zero attached hydrogens (tertiary/aromatic N) is 2. The van der Waals surface area contributed by atoms with E-state index in [1.54, 1.807) is 6.08 Å². The molecule has 3 amide bonds. The first-order valence-corrected chi connectivity index (χ1v) is 13.1. The van der Waals surface area contributed by atoms with Crippen molar-refractivity contribution in [2.75, 3.05) is 18.5 Å². The van der Waals surface area contributed by atoms with Crippen LogP contribution < -0.4 is 10.1 Å². The number of para-hydroxylation sites is 2. The van der Waals surface area contributed by atoms with Gasteiger partial charge in [-0.1, -0.05) is 54.1 Å². The second kappa shape index (κ2) is 11.0. The second-order valence-electron chi connectivity index (χ2n) is 9.09. The summed E-state index contributed by atoms with van der Waals surface area (Å²) < 4.78 is 7.93. The van der Waals surface area contributed by atoms with E-state index in [0.717, 1.165) is 50.0 Å². The minimum atomic E-state index is -0.472. The quantitative estimate of drug-likeness (QED) is 0.285. The van der Waals surface area contributed by atoms with Crippen LogP contribution in [0.2, 0.25) is 0 Å². The van der Waals surface area contributed by atoms with E-state index in [4.69, 9.17) is 4.74 Å². The number of carbonyl (C=O) groups is 3. The van der Waals surface area contributed by atoms with E-state index in [2.05, 4.69) is 9.88 Å². The van der Waals surface area contributed by atoms with Crippen molar-refractivity contribution >= 4 is 51.5 Å². The van der Waals surface area contributed by atoms with Crippen LogP contribution in [0.5, 0.6) is 5.75 Å². The molecular weight excluding hydrogens is 498 g/mol. The van der Waals surface area contributed by atoms with Crippen LogP contribution in [-0.4, -0.2) is 39.7 Å². The first-order chi connectivity index (χ1) is 18.4. The molecule has 192 valence electrons. The van der Waals surface area contributed by atoms with Gasteiger partial charge in [-0.25, -0.2) is 0 Å². The van der Waals surface area contributed by atoms with Crippen LogP contribution in [0.4, 0.5) is 10.5 Å². The van der Waals surface area contributed by atoms with Crippen molar-refractivity contribution in [3.8, 4) is 5.75 Å². The van der Waals surface area contributed by atoms with Crippen LogP contribution in [0.3, 0.4) is 0 Å². The summed E-state index contributed by atoms with van der Waals surface area (Å²) in [6.07, 6.45) is 3.68. The van der Waals surface area contributed by atoms with E-state index in [1.807, 2.05) is 92.8 Å². The Balaban J connectivity index is 1.30. The topological polar surface area (TPSA) is 80.6 Å². The number of imide groups is 1. The van der Waals surface area contributed by atoms with Crippen molar-refractivity contribution in [2.24, 2.45) is 0 Å². The number of anilines is 1. The predicted octanol–water partition coefficient (Wildman–Crippen LogP) is 6.01. The van der Waals surface area contributed by atoms with Crippen molar-refractivity contribution < 1.29 is 19.1 Å². The number of rotatable bonds is 8. The van der Waals surface area contributed by atoms with Crippen molar-refractivity contribution in [3.05, 3.63) is 101 Å². The Labute approximate surface area is 225 Å². The number of fused-ring (bicyclic) bond motifs is 1. The maximum atomic E-state index is 13.1. The van der Waals surface area contributed by atoms with E-state index < -0.39 is 17.1 Å². The van der Waals surface area contributed by atoms with Gasteiger partial charge in [-0.2, -0.15) is 0 Å². The third kappa shape index (κ3) is 5.50. The lowest BCUT2D eigenvalue weighted by atomic mass is 10.1. The second-order valence-corrected chi connectivity index (χ2v) is 10.1. The number of benzene rings is 3. The van der Waals surface area contributed by atoms with Crippen molar-refractivity contribution in [1.29, 1.82) is 0 Å². The molecule has 38 heavy (non-hydrogen) atoms. The largest absolute Gasteiger partial charge is 0.492 e. The molecule has 0 radical (unpaired) electrons. The standard InChI is InChI=1S/C30H27N3O4S/c1-20-12-13-25(21(2)16-20)31-28(34)19-33-29(35)27(38-30(33)36)17-22-18-32(26-11-7-6-10-24(22)26)14-15-37-23-8-4-3-5-9-23/h3-13,16-18H,14-15,19H2,1-2H3,(H,31,34)/b27-17-. The molecule has 0 saturated carbocycles. The number of carbonyl (C=O) groups excluding carboxylic acids is 3. The lowest BCUT2D eigenvalue weighted by molar-refractivity contribution is -0.127. The summed E-state index contributed by atoms with van der Waals surface area (Å²) in [6, 6.07) is 23.2. The number of aryl methyl sites for hydroxylation is 2. The summed E-state index contributed by atoms with van der Waals surface area (Å²) >= 11 is 0.848. The van der Waals surface area contributed by atoms with Gasteiger partial charge < -0.3 is 14.6 Å². The van der Waals surface area contributed by atoms with Gasteiger partial charge in [0.05, 0.1) is 11.4 Å². The number of hydrogen-bond donors (Lipinski definition) is 1. The van der Waals surface area contributed by atoms with Crippen LogP contribution in [0.15, 0.2) is 83.9 Å². The third-order valence-electron chi connectivity index (χ3n) is 6.28. The molecule has 1 aromatic heterocycles. The van der Waals surface area contributed by atoms with Crippen LogP contribution in [0.25, 0.3) is 17.0 Å². The molecule has 0 unspecified atom stereocenters. The zero-order valence-corrected chi connectivity index (χ0v) is 22.0. The van der Waals surface area contributed by atoms with E-state index >= 15 is 0 Å². The summed E-state index contributed by atoms with van der Waals surface area (Å²) in [4.78, 5) is 39.7. The molecular formula is C30H27N3O4S. The average Bonchev–Trinajstić information content (AvgIpc) is 3.38. The van der Waals surface area contributed by atoms with Gasteiger partial charge in [-0.15, -0.1) is 0 Å². The summed E-state index contributed by atoms with van der Waals surface area (Å²) in [5, 5.41) is 3.30. The van der Waals surface area contributed by atoms with Crippen LogP contribution in [0, 0.1) is 13.8 Å². The molecule has 0 spiro atoms. The molecule has 1 aliphatic heterocycles. The van der Waals surface area contributed by atoms with Gasteiger partial charge in [0, 0.05) is 28.4 Å². The Bertz CT molecular complexity index is 1560. The highest BCUT2D eigenvalue weighted by Crippen LogP contribution is 2.34. The molecule has 4 aromatic rings. The van der Waals surface area contributed by atoms with Crippen molar-refractivity contribution in [3.63, 3.8) is 0 Å². The molecule has 1 saturated heterocycles. The summed E-state index contributed by atoms with van der Waals surface area (Å²) in [6.45, 7) is 4.63. The molecule has 2 heterocycles. The zero-order chi connectivity index (χ0) is 26.6. The molecule has 8 heteroatoms. The Morgan fingerprint density at radius 3 is 2.55 bits per heavy atom. The zero-order valence-electron chi connectivity index (χ0n) is 21.1. The predicted molar refractivity (Wildman–Crippen MR) is 151 cm³/mol. The van der Waals surface area contributed by atoms with Gasteiger partial charge in [-0.05, 0) is 61.5 Å². The number of hydrogen-bond acceptors (Lipinski definition) is 5. The molecule has 0 atom stereocenters. The fourth-order valence-corrected chi connectivity index (χ4v) is 5.25. The molecule has 1 aliphatic rings. The number of nitrogens with one attached hydrogen (secondary N) is 1. The fraction of sp³-hybridized carbons (Fsp3) is 0.167. The first-order valence-electron chi connectivity index (χ1n) is 12.3. The van der Waals surface area contributed by atoms with E-state index in [9.17, 15) is 14.4 Å². The molecule has 1 fully saturated rings. The minimum absolute atomic E-state index is 0.290. The molecule has 3 aromatic carbocycles. The number of amides is 3. The monoisotopic (exact) mass is 525 g/mol. The van der Waals surface area contributed by atoms with Crippen molar-refractivity contribution in [2.45, 2.75) is 20.4 Å². The SMILES string of the molecule is Cc1ccc(NC(=O)CN2C(=O)S/C(=C\c3cn(CCOc4ccccc4)c4ccccc34)C2=O)c(C)c1. The normalized spacial score (nSPS) is 14.5. The molecule has 5 rings (SSSR count). The molecule has 0 aliphatic carbocycles. The number of thioether (sulfide) groups is 1. The lowest BCUT2D eigenvalue weighted by Crippen LogP contribution is -2.36. The highest BCUT2D eigenvalue weighted by atomic mass is 32.2. The van der Waals surface area contributed by atoms with E-state index in [-0.39, 0.29) is 11.4 Å². The number of aromatic nitrogens is 1. The highest BCUT2D eigenvalue weighted by Gasteiger charge is 2.36. The Morgan fingerprint density at radius 1 is 1.00 bits per heavy atom. The highest BCUT2D eigenvalue weighted by molar-refractivity contribution is 8.18. The minimum Gasteiger partial charge on any atom is -0.492 e. The fourth-order valence-electron chi connectivity index (χ4n) is 4.42. The van der Waals surface area contributed by atoms with Gasteiger partial charge >= 0.3 is 0 Å². The molecule has 1 N–H and O–H groups in total. The first kappa shape index (κ1) is 25.4.